The monoisotopic (exact) mass is 258 g/mol. The highest BCUT2D eigenvalue weighted by atomic mass is 16.2. The Morgan fingerprint density at radius 3 is 2.05 bits per heavy atom. The first-order valence-electron chi connectivity index (χ1n) is 6.70. The molecule has 102 valence electrons. The lowest BCUT2D eigenvalue weighted by Crippen LogP contribution is -2.34. The number of hydrogen-bond donors (Lipinski definition) is 1. The van der Waals surface area contributed by atoms with Gasteiger partial charge in [-0.25, -0.2) is 0 Å². The quantitative estimate of drug-likeness (QED) is 0.891. The number of benzene rings is 1. The topological polar surface area (TPSA) is 52.9 Å². The van der Waals surface area contributed by atoms with Gasteiger partial charge in [0.15, 0.2) is 0 Å². The van der Waals surface area contributed by atoms with E-state index in [0.717, 1.165) is 16.8 Å². The summed E-state index contributed by atoms with van der Waals surface area (Å²) >= 11 is 0. The number of carbonyl (C=O) groups excluding carboxylic acids is 1. The van der Waals surface area contributed by atoms with E-state index in [4.69, 9.17) is 0 Å². The van der Waals surface area contributed by atoms with Gasteiger partial charge in [-0.05, 0) is 44.7 Å². The van der Waals surface area contributed by atoms with Crippen LogP contribution in [0.2, 0.25) is 0 Å². The molecule has 0 aliphatic carbocycles. The SMILES string of the molecule is CCC(C#N)(CC)C(=O)Nc1c(C)cc(C)cc1C. The molecule has 0 saturated heterocycles. The third-order valence-corrected chi connectivity index (χ3v) is 3.77. The minimum atomic E-state index is -0.927. The summed E-state index contributed by atoms with van der Waals surface area (Å²) in [6.45, 7) is 9.73. The summed E-state index contributed by atoms with van der Waals surface area (Å²) in [5, 5.41) is 12.2. The van der Waals surface area contributed by atoms with Crippen molar-refractivity contribution in [2.75, 3.05) is 5.32 Å². The van der Waals surface area contributed by atoms with E-state index in [1.807, 2.05) is 46.8 Å². The highest BCUT2D eigenvalue weighted by Crippen LogP contribution is 2.29. The Labute approximate surface area is 115 Å². The van der Waals surface area contributed by atoms with Crippen LogP contribution < -0.4 is 5.32 Å². The van der Waals surface area contributed by atoms with Gasteiger partial charge in [0.25, 0.3) is 0 Å². The number of anilines is 1. The number of nitrogens with one attached hydrogen (secondary N) is 1. The van der Waals surface area contributed by atoms with E-state index in [9.17, 15) is 10.1 Å². The summed E-state index contributed by atoms with van der Waals surface area (Å²) in [5.74, 6) is -0.199. The zero-order chi connectivity index (χ0) is 14.6. The molecule has 0 radical (unpaired) electrons. The molecule has 0 saturated carbocycles. The molecule has 0 heterocycles. The molecule has 0 aliphatic heterocycles. The molecule has 1 amide bonds. The van der Waals surface area contributed by atoms with Gasteiger partial charge in [-0.15, -0.1) is 0 Å². The lowest BCUT2D eigenvalue weighted by molar-refractivity contribution is -0.123. The number of carbonyl (C=O) groups is 1. The minimum Gasteiger partial charge on any atom is -0.324 e. The van der Waals surface area contributed by atoms with Gasteiger partial charge < -0.3 is 5.32 Å². The third kappa shape index (κ3) is 2.96. The van der Waals surface area contributed by atoms with Crippen LogP contribution in [-0.4, -0.2) is 5.91 Å². The summed E-state index contributed by atoms with van der Waals surface area (Å²) in [7, 11) is 0. The molecule has 1 aromatic rings. The Bertz CT molecular complexity index is 499. The minimum absolute atomic E-state index is 0.199. The molecule has 1 rings (SSSR count). The van der Waals surface area contributed by atoms with Crippen molar-refractivity contribution in [1.29, 1.82) is 5.26 Å². The van der Waals surface area contributed by atoms with Crippen molar-refractivity contribution in [2.45, 2.75) is 47.5 Å². The fourth-order valence-corrected chi connectivity index (χ4v) is 2.39. The normalized spacial score (nSPS) is 10.9. The van der Waals surface area contributed by atoms with Gasteiger partial charge in [0.05, 0.1) is 6.07 Å². The van der Waals surface area contributed by atoms with Crippen LogP contribution in [0.4, 0.5) is 5.69 Å². The van der Waals surface area contributed by atoms with Crippen molar-refractivity contribution in [2.24, 2.45) is 5.41 Å². The third-order valence-electron chi connectivity index (χ3n) is 3.77. The number of hydrogen-bond acceptors (Lipinski definition) is 2. The van der Waals surface area contributed by atoms with E-state index in [1.54, 1.807) is 0 Å². The van der Waals surface area contributed by atoms with Crippen LogP contribution in [0.1, 0.15) is 43.4 Å². The Morgan fingerprint density at radius 1 is 1.21 bits per heavy atom. The fraction of sp³-hybridized carbons (Fsp3) is 0.500. The predicted octanol–water partition coefficient (Wildman–Crippen LogP) is 3.88. The van der Waals surface area contributed by atoms with Crippen LogP contribution >= 0.6 is 0 Å². The molecule has 0 fully saturated rings. The summed E-state index contributed by atoms with van der Waals surface area (Å²) < 4.78 is 0. The van der Waals surface area contributed by atoms with Crippen LogP contribution in [0.3, 0.4) is 0 Å². The van der Waals surface area contributed by atoms with Crippen LogP contribution in [-0.2, 0) is 4.79 Å². The summed E-state index contributed by atoms with van der Waals surface area (Å²) in [5.41, 5.74) is 3.14. The largest absolute Gasteiger partial charge is 0.324 e. The molecule has 0 unspecified atom stereocenters. The first-order chi connectivity index (χ1) is 8.90. The van der Waals surface area contributed by atoms with E-state index >= 15 is 0 Å². The molecule has 0 aliphatic rings. The van der Waals surface area contributed by atoms with Gasteiger partial charge in [-0.2, -0.15) is 5.26 Å². The van der Waals surface area contributed by atoms with Crippen molar-refractivity contribution in [3.8, 4) is 6.07 Å². The Balaban J connectivity index is 3.11. The summed E-state index contributed by atoms with van der Waals surface area (Å²) in [4.78, 5) is 12.4. The molecular weight excluding hydrogens is 236 g/mol. The maximum Gasteiger partial charge on any atom is 0.244 e. The zero-order valence-electron chi connectivity index (χ0n) is 12.4. The Kier molecular flexibility index (Phi) is 4.72. The summed E-state index contributed by atoms with van der Waals surface area (Å²) in [6.07, 6.45) is 1.05. The molecule has 0 aromatic heterocycles. The van der Waals surface area contributed by atoms with Crippen LogP contribution in [0.15, 0.2) is 12.1 Å². The van der Waals surface area contributed by atoms with Gasteiger partial charge in [0.2, 0.25) is 5.91 Å². The predicted molar refractivity (Wildman–Crippen MR) is 77.9 cm³/mol. The fourth-order valence-electron chi connectivity index (χ4n) is 2.39. The second-order valence-electron chi connectivity index (χ2n) is 5.13. The number of aryl methyl sites for hydroxylation is 3. The molecule has 0 bridgehead atoms. The Morgan fingerprint density at radius 2 is 1.68 bits per heavy atom. The molecular formula is C16H22N2O. The number of nitrogens with zero attached hydrogens (tertiary/aromatic N) is 1. The van der Waals surface area contributed by atoms with Gasteiger partial charge in [0.1, 0.15) is 5.41 Å². The highest BCUT2D eigenvalue weighted by Gasteiger charge is 2.35. The number of amides is 1. The molecule has 3 heteroatoms. The van der Waals surface area contributed by atoms with E-state index in [0.29, 0.717) is 12.8 Å². The maximum atomic E-state index is 12.4. The van der Waals surface area contributed by atoms with Crippen molar-refractivity contribution in [1.82, 2.24) is 0 Å². The molecule has 0 spiro atoms. The first-order valence-corrected chi connectivity index (χ1v) is 6.70. The van der Waals surface area contributed by atoms with E-state index in [1.165, 1.54) is 5.56 Å². The lowest BCUT2D eigenvalue weighted by Gasteiger charge is -2.23. The lowest BCUT2D eigenvalue weighted by atomic mass is 9.83. The van der Waals surface area contributed by atoms with Crippen molar-refractivity contribution >= 4 is 11.6 Å². The van der Waals surface area contributed by atoms with Crippen molar-refractivity contribution in [3.63, 3.8) is 0 Å². The maximum absolute atomic E-state index is 12.4. The molecule has 19 heavy (non-hydrogen) atoms. The van der Waals surface area contributed by atoms with Crippen LogP contribution in [0.25, 0.3) is 0 Å². The van der Waals surface area contributed by atoms with Crippen LogP contribution in [0, 0.1) is 37.5 Å². The highest BCUT2D eigenvalue weighted by molar-refractivity contribution is 5.98. The molecule has 1 aromatic carbocycles. The van der Waals surface area contributed by atoms with E-state index in [2.05, 4.69) is 11.4 Å². The standard InChI is InChI=1S/C16H22N2O/c1-6-16(7-2,10-17)15(19)18-14-12(4)8-11(3)9-13(14)5/h8-9H,6-7H2,1-5H3,(H,18,19). The first kappa shape index (κ1) is 15.2. The molecule has 3 nitrogen and oxygen atoms in total. The van der Waals surface area contributed by atoms with Crippen molar-refractivity contribution in [3.05, 3.63) is 28.8 Å². The van der Waals surface area contributed by atoms with Crippen LogP contribution in [0.5, 0.6) is 0 Å². The Hall–Kier alpha value is -1.82. The molecule has 0 atom stereocenters. The second kappa shape index (κ2) is 5.88. The second-order valence-corrected chi connectivity index (χ2v) is 5.13. The average Bonchev–Trinajstić information content (AvgIpc) is 2.36. The average molecular weight is 258 g/mol. The van der Waals surface area contributed by atoms with Crippen molar-refractivity contribution < 1.29 is 4.79 Å². The van der Waals surface area contributed by atoms with Gasteiger partial charge >= 0.3 is 0 Å². The zero-order valence-corrected chi connectivity index (χ0v) is 12.4. The molecule has 1 N–H and O–H groups in total. The van der Waals surface area contributed by atoms with E-state index in [-0.39, 0.29) is 5.91 Å². The number of rotatable bonds is 4. The van der Waals surface area contributed by atoms with E-state index < -0.39 is 5.41 Å². The number of nitriles is 1. The summed E-state index contributed by atoms with van der Waals surface area (Å²) in [6, 6.07) is 6.25. The van der Waals surface area contributed by atoms with Gasteiger partial charge in [-0.1, -0.05) is 31.5 Å². The van der Waals surface area contributed by atoms with Gasteiger partial charge in [-0.3, -0.25) is 4.79 Å². The van der Waals surface area contributed by atoms with Gasteiger partial charge in [0, 0.05) is 5.69 Å². The smallest absolute Gasteiger partial charge is 0.244 e.